The van der Waals surface area contributed by atoms with E-state index in [9.17, 15) is 8.42 Å². The molecular weight excluding hydrogens is 254 g/mol. The molecule has 5 nitrogen and oxygen atoms in total. The summed E-state index contributed by atoms with van der Waals surface area (Å²) < 4.78 is 33.3. The van der Waals surface area contributed by atoms with Crippen molar-refractivity contribution in [2.24, 2.45) is 0 Å². The van der Waals surface area contributed by atoms with Gasteiger partial charge in [0.15, 0.2) is 0 Å². The summed E-state index contributed by atoms with van der Waals surface area (Å²) in [7, 11) is -3.69. The van der Waals surface area contributed by atoms with E-state index in [0.717, 1.165) is 0 Å². The normalized spacial score (nSPS) is 17.6. The van der Waals surface area contributed by atoms with Gasteiger partial charge in [-0.2, -0.15) is 5.26 Å². The van der Waals surface area contributed by atoms with Crippen LogP contribution in [0.25, 0.3) is 0 Å². The third-order valence-electron chi connectivity index (χ3n) is 2.83. The molecule has 0 unspecified atom stereocenters. The lowest BCUT2D eigenvalue weighted by atomic mass is 10.1. The van der Waals surface area contributed by atoms with E-state index < -0.39 is 14.6 Å². The summed E-state index contributed by atoms with van der Waals surface area (Å²) in [5, 5.41) is 9.04. The molecule has 1 aliphatic rings. The molecular formula is C12H13NO4S. The van der Waals surface area contributed by atoms with Gasteiger partial charge in [0, 0.05) is 0 Å². The molecule has 0 aliphatic carbocycles. The lowest BCUT2D eigenvalue weighted by molar-refractivity contribution is 0.0115. The molecule has 1 aromatic rings. The van der Waals surface area contributed by atoms with Crippen molar-refractivity contribution in [2.45, 2.75) is 16.6 Å². The molecule has 0 amide bonds. The van der Waals surface area contributed by atoms with Crippen LogP contribution in [0.2, 0.25) is 0 Å². The number of rotatable bonds is 4. The van der Waals surface area contributed by atoms with Crippen molar-refractivity contribution in [3.63, 3.8) is 0 Å². The Hall–Kier alpha value is -1.58. The van der Waals surface area contributed by atoms with Gasteiger partial charge < -0.3 is 9.47 Å². The summed E-state index contributed by atoms with van der Waals surface area (Å²) >= 11 is 0. The van der Waals surface area contributed by atoms with Crippen molar-refractivity contribution in [1.29, 1.82) is 5.26 Å². The van der Waals surface area contributed by atoms with Crippen LogP contribution in [0.5, 0.6) is 5.75 Å². The molecule has 96 valence electrons. The SMILES string of the molecule is CCOc1ccc(S(=O)(=O)C2(C#N)COC2)cc1. The van der Waals surface area contributed by atoms with Crippen LogP contribution in [0.15, 0.2) is 29.2 Å². The quantitative estimate of drug-likeness (QED) is 0.818. The van der Waals surface area contributed by atoms with E-state index in [1.165, 1.54) is 12.1 Å². The second-order valence-electron chi connectivity index (χ2n) is 4.01. The Morgan fingerprint density at radius 3 is 2.39 bits per heavy atom. The van der Waals surface area contributed by atoms with Gasteiger partial charge in [-0.15, -0.1) is 0 Å². The predicted octanol–water partition coefficient (Wildman–Crippen LogP) is 1.15. The molecule has 0 bridgehead atoms. The first-order valence-electron chi connectivity index (χ1n) is 5.52. The number of hydrogen-bond acceptors (Lipinski definition) is 5. The van der Waals surface area contributed by atoms with E-state index in [-0.39, 0.29) is 18.1 Å². The summed E-state index contributed by atoms with van der Waals surface area (Å²) in [6, 6.07) is 7.93. The molecule has 1 fully saturated rings. The highest BCUT2D eigenvalue weighted by molar-refractivity contribution is 7.93. The molecule has 0 aromatic heterocycles. The minimum Gasteiger partial charge on any atom is -0.494 e. The Morgan fingerprint density at radius 1 is 1.39 bits per heavy atom. The molecule has 0 spiro atoms. The van der Waals surface area contributed by atoms with Crippen LogP contribution in [0.1, 0.15) is 6.92 Å². The van der Waals surface area contributed by atoms with Gasteiger partial charge in [-0.1, -0.05) is 0 Å². The number of nitrogens with zero attached hydrogens (tertiary/aromatic N) is 1. The van der Waals surface area contributed by atoms with Crippen LogP contribution in [-0.4, -0.2) is 33.0 Å². The molecule has 0 radical (unpaired) electrons. The highest BCUT2D eigenvalue weighted by Crippen LogP contribution is 2.32. The first-order valence-corrected chi connectivity index (χ1v) is 7.00. The average molecular weight is 267 g/mol. The average Bonchev–Trinajstić information content (AvgIpc) is 2.29. The summed E-state index contributed by atoms with van der Waals surface area (Å²) in [4.78, 5) is 0.121. The van der Waals surface area contributed by atoms with E-state index in [2.05, 4.69) is 0 Å². The van der Waals surface area contributed by atoms with Gasteiger partial charge in [0.2, 0.25) is 14.6 Å². The number of nitriles is 1. The third-order valence-corrected chi connectivity index (χ3v) is 5.08. The van der Waals surface area contributed by atoms with Crippen molar-refractivity contribution in [3.8, 4) is 11.8 Å². The zero-order valence-electron chi connectivity index (χ0n) is 9.92. The molecule has 6 heteroatoms. The molecule has 0 saturated carbocycles. The van der Waals surface area contributed by atoms with Crippen molar-refractivity contribution < 1.29 is 17.9 Å². The number of benzene rings is 1. The highest BCUT2D eigenvalue weighted by atomic mass is 32.2. The zero-order chi connectivity index (χ0) is 13.2. The molecule has 2 rings (SSSR count). The van der Waals surface area contributed by atoms with E-state index in [0.29, 0.717) is 12.4 Å². The minimum atomic E-state index is -3.69. The fourth-order valence-electron chi connectivity index (χ4n) is 1.67. The van der Waals surface area contributed by atoms with Crippen LogP contribution in [0.3, 0.4) is 0 Å². The predicted molar refractivity (Wildman–Crippen MR) is 64.0 cm³/mol. The molecule has 1 saturated heterocycles. The maximum atomic E-state index is 12.3. The van der Waals surface area contributed by atoms with Crippen molar-refractivity contribution in [2.75, 3.05) is 19.8 Å². The van der Waals surface area contributed by atoms with Crippen LogP contribution >= 0.6 is 0 Å². The van der Waals surface area contributed by atoms with E-state index >= 15 is 0 Å². The number of sulfone groups is 1. The zero-order valence-corrected chi connectivity index (χ0v) is 10.7. The maximum Gasteiger partial charge on any atom is 0.208 e. The standard InChI is InChI=1S/C12H13NO4S/c1-2-17-10-3-5-11(6-4-10)18(14,15)12(7-13)8-16-9-12/h3-6H,2,8-9H2,1H3. The first kappa shape index (κ1) is 12.9. The van der Waals surface area contributed by atoms with Gasteiger partial charge in [0.1, 0.15) is 5.75 Å². The number of ether oxygens (including phenoxy) is 2. The van der Waals surface area contributed by atoms with Gasteiger partial charge in [-0.3, -0.25) is 0 Å². The molecule has 1 aromatic carbocycles. The molecule has 18 heavy (non-hydrogen) atoms. The Kier molecular flexibility index (Phi) is 3.28. The van der Waals surface area contributed by atoms with Gasteiger partial charge in [-0.05, 0) is 31.2 Å². The largest absolute Gasteiger partial charge is 0.494 e. The lowest BCUT2D eigenvalue weighted by Gasteiger charge is -2.34. The monoisotopic (exact) mass is 267 g/mol. The van der Waals surface area contributed by atoms with Gasteiger partial charge in [0.05, 0.1) is 30.8 Å². The summed E-state index contributed by atoms with van der Waals surface area (Å²) in [6.07, 6.45) is 0. The maximum absolute atomic E-state index is 12.3. The Bertz CT molecular complexity index is 567. The minimum absolute atomic E-state index is 0.0704. The van der Waals surface area contributed by atoms with Gasteiger partial charge in [0.25, 0.3) is 0 Å². The van der Waals surface area contributed by atoms with Crippen molar-refractivity contribution in [3.05, 3.63) is 24.3 Å². The summed E-state index contributed by atoms with van der Waals surface area (Å²) in [6.45, 7) is 2.22. The van der Waals surface area contributed by atoms with Gasteiger partial charge >= 0.3 is 0 Å². The summed E-state index contributed by atoms with van der Waals surface area (Å²) in [5.41, 5.74) is 0. The second-order valence-corrected chi connectivity index (χ2v) is 6.27. The van der Waals surface area contributed by atoms with E-state index in [1.54, 1.807) is 12.1 Å². The Morgan fingerprint density at radius 2 is 2.00 bits per heavy atom. The summed E-state index contributed by atoms with van der Waals surface area (Å²) in [5.74, 6) is 0.604. The van der Waals surface area contributed by atoms with Crippen LogP contribution in [0, 0.1) is 11.3 Å². The fourth-order valence-corrected chi connectivity index (χ4v) is 3.22. The smallest absolute Gasteiger partial charge is 0.208 e. The number of hydrogen-bond donors (Lipinski definition) is 0. The Labute approximate surface area is 106 Å². The van der Waals surface area contributed by atoms with Crippen LogP contribution < -0.4 is 4.74 Å². The van der Waals surface area contributed by atoms with Crippen molar-refractivity contribution in [1.82, 2.24) is 0 Å². The fraction of sp³-hybridized carbons (Fsp3) is 0.417. The molecule has 1 heterocycles. The second kappa shape index (κ2) is 4.59. The topological polar surface area (TPSA) is 76.4 Å². The van der Waals surface area contributed by atoms with E-state index in [1.807, 2.05) is 13.0 Å². The van der Waals surface area contributed by atoms with Gasteiger partial charge in [-0.25, -0.2) is 8.42 Å². The van der Waals surface area contributed by atoms with E-state index in [4.69, 9.17) is 14.7 Å². The third kappa shape index (κ3) is 1.85. The molecule has 1 aliphatic heterocycles. The van der Waals surface area contributed by atoms with Crippen LogP contribution in [-0.2, 0) is 14.6 Å². The highest BCUT2D eigenvalue weighted by Gasteiger charge is 2.52. The van der Waals surface area contributed by atoms with Crippen LogP contribution in [0.4, 0.5) is 0 Å². The first-order chi connectivity index (χ1) is 8.55. The Balaban J connectivity index is 2.34. The van der Waals surface area contributed by atoms with Crippen molar-refractivity contribution >= 4 is 9.84 Å². The molecule has 0 atom stereocenters. The lowest BCUT2D eigenvalue weighted by Crippen LogP contribution is -2.54. The molecule has 0 N–H and O–H groups in total.